The van der Waals surface area contributed by atoms with E-state index in [1.165, 1.54) is 17.7 Å². The van der Waals surface area contributed by atoms with Gasteiger partial charge in [0.1, 0.15) is 12.1 Å². The molecule has 1 amide bonds. The molecule has 184 valence electrons. The first kappa shape index (κ1) is 24.0. The summed E-state index contributed by atoms with van der Waals surface area (Å²) in [5.41, 5.74) is 3.36. The van der Waals surface area contributed by atoms with Gasteiger partial charge in [0.15, 0.2) is 0 Å². The first-order valence-corrected chi connectivity index (χ1v) is 13.8. The molecule has 5 rings (SSSR count). The van der Waals surface area contributed by atoms with Crippen molar-refractivity contribution in [2.45, 2.75) is 19.3 Å². The van der Waals surface area contributed by atoms with Crippen LogP contribution in [-0.2, 0) is 17.8 Å². The molecule has 2 fully saturated rings. The molecule has 2 saturated heterocycles. The van der Waals surface area contributed by atoms with E-state index in [1.807, 2.05) is 10.4 Å². The third-order valence-electron chi connectivity index (χ3n) is 7.22. The normalized spacial score (nSPS) is 18.7. The molecule has 1 atom stereocenters. The zero-order valence-corrected chi connectivity index (χ0v) is 20.8. The number of anilines is 1. The van der Waals surface area contributed by atoms with Gasteiger partial charge in [-0.1, -0.05) is 30.3 Å². The Labute approximate surface area is 209 Å². The van der Waals surface area contributed by atoms with E-state index in [0.29, 0.717) is 48.6 Å². The number of aromatic nitrogens is 1. The minimum Gasteiger partial charge on any atom is -0.598 e. The van der Waals surface area contributed by atoms with Gasteiger partial charge in [0, 0.05) is 49.1 Å². The van der Waals surface area contributed by atoms with Crippen LogP contribution in [0.5, 0.6) is 0 Å². The molecule has 8 heteroatoms. The van der Waals surface area contributed by atoms with E-state index in [2.05, 4.69) is 34.1 Å². The molecule has 0 saturated carbocycles. The number of amides is 1. The molecule has 1 aromatic heterocycles. The van der Waals surface area contributed by atoms with Crippen molar-refractivity contribution >= 4 is 33.9 Å². The van der Waals surface area contributed by atoms with Gasteiger partial charge >= 0.3 is 0 Å². The number of fused-ring (bicyclic) bond motifs is 1. The molecule has 35 heavy (non-hydrogen) atoms. The number of piperidine rings is 1. The highest BCUT2D eigenvalue weighted by Gasteiger charge is 2.31. The number of halogens is 1. The van der Waals surface area contributed by atoms with Gasteiger partial charge in [-0.05, 0) is 48.9 Å². The molecule has 0 radical (unpaired) electrons. The predicted molar refractivity (Wildman–Crippen MR) is 138 cm³/mol. The Balaban J connectivity index is 1.40. The fourth-order valence-corrected chi connectivity index (χ4v) is 5.95. The molecule has 0 aliphatic carbocycles. The van der Waals surface area contributed by atoms with Crippen molar-refractivity contribution in [1.29, 1.82) is 0 Å². The fraction of sp³-hybridized carbons (Fsp3) is 0.407. The summed E-state index contributed by atoms with van der Waals surface area (Å²) in [6.07, 6.45) is 6.40. The van der Waals surface area contributed by atoms with Crippen molar-refractivity contribution in [3.05, 3.63) is 71.7 Å². The van der Waals surface area contributed by atoms with Crippen molar-refractivity contribution < 1.29 is 13.7 Å². The number of carbonyl (C=O) groups is 1. The minimum absolute atomic E-state index is 0.0911. The SMILES string of the molecule is C[S+]([O-])N1CCN(C(=O)c2cnc3ccc(F)cc3c2N2CCC(Cc3ccccc3)CC2)CC1. The van der Waals surface area contributed by atoms with Gasteiger partial charge in [0.2, 0.25) is 0 Å². The molecular formula is C27H31FN4O2S. The van der Waals surface area contributed by atoms with Gasteiger partial charge in [0.25, 0.3) is 5.91 Å². The van der Waals surface area contributed by atoms with Gasteiger partial charge in [0.05, 0.1) is 29.9 Å². The first-order valence-electron chi connectivity index (χ1n) is 12.2. The second-order valence-corrected chi connectivity index (χ2v) is 10.8. The maximum atomic E-state index is 14.3. The number of hydrogen-bond donors (Lipinski definition) is 0. The van der Waals surface area contributed by atoms with Crippen molar-refractivity contribution in [3.63, 3.8) is 0 Å². The quantitative estimate of drug-likeness (QED) is 0.504. The average Bonchev–Trinajstić information content (AvgIpc) is 2.89. The van der Waals surface area contributed by atoms with Gasteiger partial charge in [-0.3, -0.25) is 9.78 Å². The Hall–Kier alpha value is -2.68. The summed E-state index contributed by atoms with van der Waals surface area (Å²) in [6.45, 7) is 3.80. The Morgan fingerprint density at radius 2 is 1.77 bits per heavy atom. The van der Waals surface area contributed by atoms with E-state index < -0.39 is 11.4 Å². The van der Waals surface area contributed by atoms with Crippen LogP contribution >= 0.6 is 0 Å². The molecule has 6 nitrogen and oxygen atoms in total. The molecule has 2 aliphatic rings. The highest BCUT2D eigenvalue weighted by Crippen LogP contribution is 2.35. The number of nitrogens with zero attached hydrogens (tertiary/aromatic N) is 4. The first-order chi connectivity index (χ1) is 17.0. The summed E-state index contributed by atoms with van der Waals surface area (Å²) in [5, 5.41) is 0.686. The van der Waals surface area contributed by atoms with E-state index in [4.69, 9.17) is 0 Å². The Bertz CT molecular complexity index is 1180. The molecule has 0 spiro atoms. The Morgan fingerprint density at radius 3 is 2.46 bits per heavy atom. The predicted octanol–water partition coefficient (Wildman–Crippen LogP) is 3.88. The molecule has 1 unspecified atom stereocenters. The summed E-state index contributed by atoms with van der Waals surface area (Å²) >= 11 is -1.04. The summed E-state index contributed by atoms with van der Waals surface area (Å²) in [6, 6.07) is 15.2. The minimum atomic E-state index is -1.04. The monoisotopic (exact) mass is 494 g/mol. The van der Waals surface area contributed by atoms with Crippen LogP contribution in [0.3, 0.4) is 0 Å². The molecule has 2 aromatic carbocycles. The molecule has 0 bridgehead atoms. The molecule has 3 heterocycles. The van der Waals surface area contributed by atoms with E-state index in [-0.39, 0.29) is 11.7 Å². The second-order valence-electron chi connectivity index (χ2n) is 9.45. The number of pyridine rings is 1. The van der Waals surface area contributed by atoms with Crippen LogP contribution in [0.1, 0.15) is 28.8 Å². The zero-order valence-electron chi connectivity index (χ0n) is 20.0. The van der Waals surface area contributed by atoms with Crippen molar-refractivity contribution in [1.82, 2.24) is 14.2 Å². The number of hydrogen-bond acceptors (Lipinski definition) is 5. The third-order valence-corrected chi connectivity index (χ3v) is 8.31. The lowest BCUT2D eigenvalue weighted by atomic mass is 9.89. The lowest BCUT2D eigenvalue weighted by Gasteiger charge is -2.37. The lowest BCUT2D eigenvalue weighted by molar-refractivity contribution is 0.0698. The van der Waals surface area contributed by atoms with Crippen LogP contribution in [0.4, 0.5) is 10.1 Å². The topological polar surface area (TPSA) is 62.7 Å². The van der Waals surface area contributed by atoms with Gasteiger partial charge in [-0.15, -0.1) is 4.31 Å². The smallest absolute Gasteiger partial charge is 0.257 e. The number of carbonyl (C=O) groups excluding carboxylic acids is 1. The summed E-state index contributed by atoms with van der Waals surface area (Å²) < 4.78 is 28.0. The van der Waals surface area contributed by atoms with Crippen LogP contribution in [-0.4, -0.2) is 70.2 Å². The standard InChI is InChI=1S/C27H31FN4O2S/c1-35(34)32-15-13-31(14-16-32)27(33)24-19-29-25-8-7-22(28)18-23(25)26(24)30-11-9-21(10-12-30)17-20-5-3-2-4-6-20/h2-8,18-19,21H,9-17H2,1H3. The van der Waals surface area contributed by atoms with E-state index >= 15 is 0 Å². The number of benzene rings is 2. The third kappa shape index (κ3) is 5.29. The maximum absolute atomic E-state index is 14.3. The Kier molecular flexibility index (Phi) is 7.22. The summed E-state index contributed by atoms with van der Waals surface area (Å²) in [5.74, 6) is 0.162. The molecule has 0 N–H and O–H groups in total. The van der Waals surface area contributed by atoms with E-state index in [9.17, 15) is 13.7 Å². The van der Waals surface area contributed by atoms with E-state index in [1.54, 1.807) is 23.4 Å². The number of piperazine rings is 1. The van der Waals surface area contributed by atoms with Crippen molar-refractivity contribution in [2.75, 3.05) is 50.4 Å². The second kappa shape index (κ2) is 10.5. The van der Waals surface area contributed by atoms with Crippen LogP contribution in [0.15, 0.2) is 54.7 Å². The van der Waals surface area contributed by atoms with Crippen LogP contribution < -0.4 is 4.90 Å². The molecule has 3 aromatic rings. The van der Waals surface area contributed by atoms with Crippen LogP contribution in [0.2, 0.25) is 0 Å². The summed E-state index contributed by atoms with van der Waals surface area (Å²) in [7, 11) is 0. The van der Waals surface area contributed by atoms with Gasteiger partial charge in [-0.25, -0.2) is 4.39 Å². The highest BCUT2D eigenvalue weighted by atomic mass is 32.2. The number of rotatable bonds is 5. The average molecular weight is 495 g/mol. The molecule has 2 aliphatic heterocycles. The van der Waals surface area contributed by atoms with Crippen molar-refractivity contribution in [3.8, 4) is 0 Å². The van der Waals surface area contributed by atoms with Gasteiger partial charge < -0.3 is 14.4 Å². The van der Waals surface area contributed by atoms with E-state index in [0.717, 1.165) is 38.0 Å². The molecular weight excluding hydrogens is 463 g/mol. The van der Waals surface area contributed by atoms with Gasteiger partial charge in [-0.2, -0.15) is 0 Å². The maximum Gasteiger partial charge on any atom is 0.257 e. The Morgan fingerprint density at radius 1 is 1.06 bits per heavy atom. The van der Waals surface area contributed by atoms with Crippen LogP contribution in [0.25, 0.3) is 10.9 Å². The zero-order chi connectivity index (χ0) is 24.4. The lowest BCUT2D eigenvalue weighted by Crippen LogP contribution is -2.50. The van der Waals surface area contributed by atoms with Crippen molar-refractivity contribution in [2.24, 2.45) is 5.92 Å². The largest absolute Gasteiger partial charge is 0.598 e. The highest BCUT2D eigenvalue weighted by molar-refractivity contribution is 7.88. The van der Waals surface area contributed by atoms with Crippen LogP contribution in [0, 0.1) is 11.7 Å². The summed E-state index contributed by atoms with van der Waals surface area (Å²) in [4.78, 5) is 22.2. The fourth-order valence-electron chi connectivity index (χ4n) is 5.27.